The zero-order valence-corrected chi connectivity index (χ0v) is 13.3. The van der Waals surface area contributed by atoms with E-state index in [9.17, 15) is 9.90 Å². The van der Waals surface area contributed by atoms with Crippen molar-refractivity contribution in [3.8, 4) is 0 Å². The molecule has 1 saturated heterocycles. The summed E-state index contributed by atoms with van der Waals surface area (Å²) in [5.74, 6) is -0.706. The van der Waals surface area contributed by atoms with Gasteiger partial charge in [-0.15, -0.1) is 0 Å². The van der Waals surface area contributed by atoms with Crippen LogP contribution in [0.1, 0.15) is 57.1 Å². The van der Waals surface area contributed by atoms with Crippen molar-refractivity contribution in [2.45, 2.75) is 57.9 Å². The third-order valence-corrected chi connectivity index (χ3v) is 4.89. The summed E-state index contributed by atoms with van der Waals surface area (Å²) in [6.45, 7) is 6.28. The Kier molecular flexibility index (Phi) is 5.40. The summed E-state index contributed by atoms with van der Waals surface area (Å²) in [4.78, 5) is 13.9. The van der Waals surface area contributed by atoms with E-state index in [1.165, 1.54) is 24.8 Å². The van der Waals surface area contributed by atoms with E-state index in [4.69, 9.17) is 0 Å². The van der Waals surface area contributed by atoms with Gasteiger partial charge in [0.25, 0.3) is 0 Å². The molecular weight excluding hydrogens is 262 g/mol. The van der Waals surface area contributed by atoms with Crippen LogP contribution in [0.15, 0.2) is 24.3 Å². The standard InChI is InChI=1S/C18H27NO2/c1-3-15-8-10-16(11-9-15)18(4-2,14-17(20)21)19-12-6-5-7-13-19/h8-11H,3-7,12-14H2,1-2H3,(H,20,21). The van der Waals surface area contributed by atoms with Crippen LogP contribution in [0.3, 0.4) is 0 Å². The lowest BCUT2D eigenvalue weighted by molar-refractivity contribution is -0.141. The van der Waals surface area contributed by atoms with Gasteiger partial charge < -0.3 is 5.11 Å². The number of hydrogen-bond acceptors (Lipinski definition) is 2. The Labute approximate surface area is 128 Å². The molecule has 1 atom stereocenters. The Morgan fingerprint density at radius 1 is 1.14 bits per heavy atom. The van der Waals surface area contributed by atoms with Crippen LogP contribution in [0.5, 0.6) is 0 Å². The van der Waals surface area contributed by atoms with Crippen LogP contribution >= 0.6 is 0 Å². The van der Waals surface area contributed by atoms with Crippen LogP contribution in [-0.2, 0) is 16.8 Å². The van der Waals surface area contributed by atoms with Gasteiger partial charge in [0, 0.05) is 0 Å². The molecule has 0 spiro atoms. The number of aliphatic carboxylic acids is 1. The highest BCUT2D eigenvalue weighted by Gasteiger charge is 2.39. The first-order valence-electron chi connectivity index (χ1n) is 8.18. The zero-order chi connectivity index (χ0) is 15.3. The molecule has 0 saturated carbocycles. The second-order valence-electron chi connectivity index (χ2n) is 6.05. The molecular formula is C18H27NO2. The van der Waals surface area contributed by atoms with Gasteiger partial charge in [0.2, 0.25) is 0 Å². The molecule has 1 aliphatic rings. The van der Waals surface area contributed by atoms with Crippen LogP contribution < -0.4 is 0 Å². The summed E-state index contributed by atoms with van der Waals surface area (Å²) in [5.41, 5.74) is 2.11. The molecule has 1 unspecified atom stereocenters. The third-order valence-electron chi connectivity index (χ3n) is 4.89. The maximum Gasteiger partial charge on any atom is 0.305 e. The van der Waals surface area contributed by atoms with Crippen molar-refractivity contribution >= 4 is 5.97 Å². The van der Waals surface area contributed by atoms with E-state index in [0.717, 1.165) is 31.5 Å². The average molecular weight is 289 g/mol. The van der Waals surface area contributed by atoms with Gasteiger partial charge >= 0.3 is 5.97 Å². The van der Waals surface area contributed by atoms with Crippen LogP contribution in [0.2, 0.25) is 0 Å². The largest absolute Gasteiger partial charge is 0.481 e. The number of piperidine rings is 1. The fraction of sp³-hybridized carbons (Fsp3) is 0.611. The van der Waals surface area contributed by atoms with Crippen LogP contribution in [0.25, 0.3) is 0 Å². The Hall–Kier alpha value is -1.35. The predicted octanol–water partition coefficient (Wildman–Crippen LogP) is 3.81. The lowest BCUT2D eigenvalue weighted by Gasteiger charge is -2.45. The highest BCUT2D eigenvalue weighted by Crippen LogP contribution is 2.37. The summed E-state index contributed by atoms with van der Waals surface area (Å²) >= 11 is 0. The number of carboxylic acid groups (broad SMARTS) is 1. The van der Waals surface area contributed by atoms with Crippen LogP contribution in [0.4, 0.5) is 0 Å². The predicted molar refractivity (Wildman–Crippen MR) is 85.5 cm³/mol. The van der Waals surface area contributed by atoms with E-state index >= 15 is 0 Å². The summed E-state index contributed by atoms with van der Waals surface area (Å²) < 4.78 is 0. The number of likely N-dealkylation sites (tertiary alicyclic amines) is 1. The first-order chi connectivity index (χ1) is 10.1. The smallest absolute Gasteiger partial charge is 0.305 e. The average Bonchev–Trinajstić information content (AvgIpc) is 2.53. The lowest BCUT2D eigenvalue weighted by atomic mass is 9.80. The normalized spacial score (nSPS) is 19.1. The molecule has 1 N–H and O–H groups in total. The molecule has 2 rings (SSSR count). The van der Waals surface area contributed by atoms with Crippen molar-refractivity contribution in [3.05, 3.63) is 35.4 Å². The van der Waals surface area contributed by atoms with E-state index in [0.29, 0.717) is 0 Å². The number of aryl methyl sites for hydroxylation is 1. The second kappa shape index (κ2) is 7.08. The zero-order valence-electron chi connectivity index (χ0n) is 13.3. The molecule has 0 bridgehead atoms. The molecule has 1 fully saturated rings. The van der Waals surface area contributed by atoms with Gasteiger partial charge in [0.1, 0.15) is 0 Å². The number of rotatable bonds is 6. The molecule has 0 amide bonds. The molecule has 0 aliphatic carbocycles. The quantitative estimate of drug-likeness (QED) is 0.865. The van der Waals surface area contributed by atoms with E-state index in [-0.39, 0.29) is 12.0 Å². The highest BCUT2D eigenvalue weighted by molar-refractivity contribution is 5.69. The summed E-state index contributed by atoms with van der Waals surface area (Å²) in [7, 11) is 0. The molecule has 1 aromatic carbocycles. The van der Waals surface area contributed by atoms with Gasteiger partial charge in [-0.25, -0.2) is 0 Å². The number of nitrogens with zero attached hydrogens (tertiary/aromatic N) is 1. The molecule has 3 nitrogen and oxygen atoms in total. The Morgan fingerprint density at radius 3 is 2.24 bits per heavy atom. The lowest BCUT2D eigenvalue weighted by Crippen LogP contribution is -2.49. The highest BCUT2D eigenvalue weighted by atomic mass is 16.4. The third kappa shape index (κ3) is 3.46. The number of carboxylic acids is 1. The minimum atomic E-state index is -0.706. The summed E-state index contributed by atoms with van der Waals surface area (Å²) in [6.07, 6.45) is 5.66. The van der Waals surface area contributed by atoms with Crippen molar-refractivity contribution in [2.75, 3.05) is 13.1 Å². The maximum atomic E-state index is 11.5. The molecule has 0 aromatic heterocycles. The van der Waals surface area contributed by atoms with Gasteiger partial charge in [-0.2, -0.15) is 0 Å². The molecule has 1 aromatic rings. The number of hydrogen-bond donors (Lipinski definition) is 1. The van der Waals surface area contributed by atoms with Crippen molar-refractivity contribution in [1.29, 1.82) is 0 Å². The van der Waals surface area contributed by atoms with Gasteiger partial charge in [0.05, 0.1) is 12.0 Å². The van der Waals surface area contributed by atoms with Gasteiger partial charge in [-0.1, -0.05) is 44.5 Å². The van der Waals surface area contributed by atoms with Gasteiger partial charge in [0.15, 0.2) is 0 Å². The monoisotopic (exact) mass is 289 g/mol. The molecule has 1 heterocycles. The van der Waals surface area contributed by atoms with E-state index in [2.05, 4.69) is 43.0 Å². The SMILES string of the molecule is CCc1ccc(C(CC)(CC(=O)O)N2CCCCC2)cc1. The van der Waals surface area contributed by atoms with Crippen molar-refractivity contribution in [3.63, 3.8) is 0 Å². The topological polar surface area (TPSA) is 40.5 Å². The first kappa shape index (κ1) is 16.0. The van der Waals surface area contributed by atoms with E-state index < -0.39 is 5.97 Å². The number of benzene rings is 1. The Morgan fingerprint density at radius 2 is 1.76 bits per heavy atom. The van der Waals surface area contributed by atoms with Crippen molar-refractivity contribution < 1.29 is 9.90 Å². The molecule has 116 valence electrons. The van der Waals surface area contributed by atoms with Crippen LogP contribution in [-0.4, -0.2) is 29.1 Å². The van der Waals surface area contributed by atoms with Gasteiger partial charge in [-0.3, -0.25) is 9.69 Å². The first-order valence-corrected chi connectivity index (χ1v) is 8.18. The van der Waals surface area contributed by atoms with Crippen molar-refractivity contribution in [2.24, 2.45) is 0 Å². The second-order valence-corrected chi connectivity index (χ2v) is 6.05. The van der Waals surface area contributed by atoms with Crippen LogP contribution in [0, 0.1) is 0 Å². The maximum absolute atomic E-state index is 11.5. The fourth-order valence-corrected chi connectivity index (χ4v) is 3.57. The van der Waals surface area contributed by atoms with E-state index in [1.807, 2.05) is 0 Å². The summed E-state index contributed by atoms with van der Waals surface area (Å²) in [6, 6.07) is 8.57. The number of carbonyl (C=O) groups is 1. The minimum absolute atomic E-state index is 0.189. The molecule has 3 heteroatoms. The molecule has 1 aliphatic heterocycles. The Balaban J connectivity index is 2.38. The molecule has 21 heavy (non-hydrogen) atoms. The molecule has 0 radical (unpaired) electrons. The van der Waals surface area contributed by atoms with E-state index in [1.54, 1.807) is 0 Å². The van der Waals surface area contributed by atoms with Crippen molar-refractivity contribution in [1.82, 2.24) is 4.90 Å². The van der Waals surface area contributed by atoms with Gasteiger partial charge in [-0.05, 0) is 49.9 Å². The fourth-order valence-electron chi connectivity index (χ4n) is 3.57. The Bertz CT molecular complexity index is 463. The summed E-state index contributed by atoms with van der Waals surface area (Å²) in [5, 5.41) is 9.45. The minimum Gasteiger partial charge on any atom is -0.481 e.